The molecule has 1 aliphatic carbocycles. The van der Waals surface area contributed by atoms with Crippen molar-refractivity contribution in [2.45, 2.75) is 31.3 Å². The first-order valence-corrected chi connectivity index (χ1v) is 10.7. The van der Waals surface area contributed by atoms with Crippen molar-refractivity contribution in [1.29, 1.82) is 0 Å². The molecule has 1 amide bonds. The number of amides is 1. The number of anilines is 2. The number of hydrogen-bond donors (Lipinski definition) is 1. The van der Waals surface area contributed by atoms with Crippen molar-refractivity contribution < 1.29 is 18.3 Å². The Morgan fingerprint density at radius 1 is 1.12 bits per heavy atom. The Morgan fingerprint density at radius 3 is 2.64 bits per heavy atom. The van der Waals surface area contributed by atoms with Crippen molar-refractivity contribution in [2.75, 3.05) is 23.3 Å². The molecule has 2 fully saturated rings. The lowest BCUT2D eigenvalue weighted by atomic mass is 9.78. The molecule has 174 valence electrons. The maximum Gasteiger partial charge on any atom is 0.415 e. The Morgan fingerprint density at radius 2 is 1.91 bits per heavy atom. The molecule has 3 aromatic rings. The highest BCUT2D eigenvalue weighted by molar-refractivity contribution is 5.90. The van der Waals surface area contributed by atoms with Gasteiger partial charge in [0.25, 0.3) is 0 Å². The third-order valence-electron chi connectivity index (χ3n) is 6.27. The molecule has 0 bridgehead atoms. The Bertz CT molecular complexity index is 1120. The molecule has 1 aromatic carbocycles. The van der Waals surface area contributed by atoms with E-state index in [4.69, 9.17) is 4.74 Å². The summed E-state index contributed by atoms with van der Waals surface area (Å²) in [7, 11) is 0. The third kappa shape index (κ3) is 4.78. The molecular weight excluding hydrogens is 452 g/mol. The van der Waals surface area contributed by atoms with Gasteiger partial charge in [-0.3, -0.25) is 4.90 Å². The lowest BCUT2D eigenvalue weighted by Gasteiger charge is -2.35. The number of aromatic nitrogens is 3. The minimum atomic E-state index is -0.581. The van der Waals surface area contributed by atoms with Gasteiger partial charge in [0.2, 0.25) is 5.95 Å². The molecule has 1 saturated heterocycles. The summed E-state index contributed by atoms with van der Waals surface area (Å²) >= 11 is 0. The van der Waals surface area contributed by atoms with Gasteiger partial charge in [-0.25, -0.2) is 18.9 Å². The third-order valence-corrected chi connectivity index (χ3v) is 6.27. The first-order valence-electron chi connectivity index (χ1n) is 10.7. The number of carbonyl (C=O) groups is 1. The Labute approximate surface area is 196 Å². The molecule has 3 heterocycles. The summed E-state index contributed by atoms with van der Waals surface area (Å²) in [6.45, 7) is 1.19. The molecule has 0 unspecified atom stereocenters. The number of ether oxygens (including phenoxy) is 1. The second-order valence-corrected chi connectivity index (χ2v) is 8.40. The average molecular weight is 476 g/mol. The van der Waals surface area contributed by atoms with Gasteiger partial charge in [0, 0.05) is 18.8 Å². The van der Waals surface area contributed by atoms with Gasteiger partial charge in [0.15, 0.2) is 0 Å². The Hall–Kier alpha value is -3.20. The number of carbonyl (C=O) groups excluding carboxylic acids is 1. The number of hydrogen-bond acceptors (Lipinski definition) is 5. The first-order chi connectivity index (χ1) is 15.5. The largest absolute Gasteiger partial charge is 0.441 e. The fourth-order valence-electron chi connectivity index (χ4n) is 4.46. The molecule has 2 aromatic heterocycles. The van der Waals surface area contributed by atoms with Crippen LogP contribution in [0.1, 0.15) is 25.7 Å². The van der Waals surface area contributed by atoms with Crippen LogP contribution >= 0.6 is 12.4 Å². The zero-order chi connectivity index (χ0) is 22.1. The van der Waals surface area contributed by atoms with Crippen molar-refractivity contribution in [3.8, 4) is 5.69 Å². The van der Waals surface area contributed by atoms with Gasteiger partial charge in [-0.15, -0.1) is 12.4 Å². The number of benzene rings is 1. The van der Waals surface area contributed by atoms with E-state index < -0.39 is 17.6 Å². The van der Waals surface area contributed by atoms with Gasteiger partial charge in [0.1, 0.15) is 22.9 Å². The van der Waals surface area contributed by atoms with Crippen molar-refractivity contribution in [1.82, 2.24) is 14.8 Å². The Balaban J connectivity index is 0.00000259. The minimum Gasteiger partial charge on any atom is -0.441 e. The van der Waals surface area contributed by atoms with Gasteiger partial charge in [-0.2, -0.15) is 9.49 Å². The SMILES string of the molecule is Cl.O=C1O[C@]2(CC[C@H](CNc3ccn(-c4ccccc4F)n3)CC2)CN1c1ccc(F)nc1. The fourth-order valence-corrected chi connectivity index (χ4v) is 4.46. The summed E-state index contributed by atoms with van der Waals surface area (Å²) < 4.78 is 34.3. The number of halogens is 3. The molecule has 0 atom stereocenters. The number of nitrogens with one attached hydrogen (secondary N) is 1. The fraction of sp³-hybridized carbons (Fsp3) is 0.348. The lowest BCUT2D eigenvalue weighted by Crippen LogP contribution is -2.39. The normalized spacial score (nSPS) is 22.2. The zero-order valence-corrected chi connectivity index (χ0v) is 18.6. The smallest absolute Gasteiger partial charge is 0.415 e. The van der Waals surface area contributed by atoms with E-state index in [1.54, 1.807) is 30.5 Å². The molecule has 33 heavy (non-hydrogen) atoms. The van der Waals surface area contributed by atoms with Gasteiger partial charge in [-0.1, -0.05) is 12.1 Å². The lowest BCUT2D eigenvalue weighted by molar-refractivity contribution is 0.0148. The highest BCUT2D eigenvalue weighted by Gasteiger charge is 2.47. The van der Waals surface area contributed by atoms with E-state index >= 15 is 0 Å². The van der Waals surface area contributed by atoms with Crippen LogP contribution in [0.2, 0.25) is 0 Å². The van der Waals surface area contributed by atoms with E-state index in [1.165, 1.54) is 27.9 Å². The summed E-state index contributed by atoms with van der Waals surface area (Å²) in [4.78, 5) is 17.6. The second kappa shape index (κ2) is 9.35. The number of rotatable bonds is 5. The number of nitrogens with zero attached hydrogens (tertiary/aromatic N) is 4. The summed E-state index contributed by atoms with van der Waals surface area (Å²) in [5, 5.41) is 7.75. The van der Waals surface area contributed by atoms with Crippen LogP contribution in [-0.4, -0.2) is 39.5 Å². The molecule has 2 aliphatic rings. The van der Waals surface area contributed by atoms with Gasteiger partial charge >= 0.3 is 6.09 Å². The van der Waals surface area contributed by atoms with Gasteiger partial charge in [-0.05, 0) is 55.9 Å². The molecule has 0 radical (unpaired) electrons. The standard InChI is InChI=1S/C23H23F2N5O2.ClH/c24-18-3-1-2-4-19(18)30-12-9-21(28-30)27-13-16-7-10-23(11-8-16)15-29(22(31)32-23)17-5-6-20(25)26-14-17;/h1-6,9,12,14,16H,7-8,10-11,13,15H2,(H,27,28);1H/t16-,23-;. The first kappa shape index (κ1) is 23.0. The summed E-state index contributed by atoms with van der Waals surface area (Å²) in [5.74, 6) is 0.203. The molecular formula is C23H24ClF2N5O2. The number of pyridine rings is 1. The summed E-state index contributed by atoms with van der Waals surface area (Å²) in [6.07, 6.45) is 6.01. The van der Waals surface area contributed by atoms with Crippen LogP contribution < -0.4 is 10.2 Å². The molecule has 1 N–H and O–H groups in total. The van der Waals surface area contributed by atoms with Gasteiger partial charge in [0.05, 0.1) is 18.4 Å². The average Bonchev–Trinajstić information content (AvgIpc) is 3.39. The highest BCUT2D eigenvalue weighted by Crippen LogP contribution is 2.40. The van der Waals surface area contributed by atoms with Crippen molar-refractivity contribution in [2.24, 2.45) is 5.92 Å². The maximum atomic E-state index is 13.9. The predicted molar refractivity (Wildman–Crippen MR) is 122 cm³/mol. The monoisotopic (exact) mass is 475 g/mol. The molecule has 1 spiro atoms. The zero-order valence-electron chi connectivity index (χ0n) is 17.8. The van der Waals surface area contributed by atoms with E-state index in [0.29, 0.717) is 29.7 Å². The topological polar surface area (TPSA) is 72.3 Å². The Kier molecular flexibility index (Phi) is 6.51. The quantitative estimate of drug-likeness (QED) is 0.528. The van der Waals surface area contributed by atoms with E-state index in [0.717, 1.165) is 32.2 Å². The molecule has 5 rings (SSSR count). The van der Waals surface area contributed by atoms with Crippen LogP contribution in [0.3, 0.4) is 0 Å². The highest BCUT2D eigenvalue weighted by atomic mass is 35.5. The minimum absolute atomic E-state index is 0. The van der Waals surface area contributed by atoms with Gasteiger partial charge < -0.3 is 10.1 Å². The summed E-state index contributed by atoms with van der Waals surface area (Å²) in [6, 6.07) is 11.1. The van der Waals surface area contributed by atoms with Crippen LogP contribution in [0, 0.1) is 17.7 Å². The van der Waals surface area contributed by atoms with Crippen LogP contribution in [0.15, 0.2) is 54.9 Å². The maximum absolute atomic E-state index is 13.9. The van der Waals surface area contributed by atoms with Crippen LogP contribution in [0.25, 0.3) is 5.69 Å². The second-order valence-electron chi connectivity index (χ2n) is 8.40. The summed E-state index contributed by atoms with van der Waals surface area (Å²) in [5.41, 5.74) is 0.445. The van der Waals surface area contributed by atoms with Crippen LogP contribution in [-0.2, 0) is 4.74 Å². The molecule has 1 saturated carbocycles. The van der Waals surface area contributed by atoms with Crippen LogP contribution in [0.5, 0.6) is 0 Å². The van der Waals surface area contributed by atoms with E-state index in [1.807, 2.05) is 6.07 Å². The predicted octanol–water partition coefficient (Wildman–Crippen LogP) is 4.97. The van der Waals surface area contributed by atoms with Crippen molar-refractivity contribution in [3.63, 3.8) is 0 Å². The van der Waals surface area contributed by atoms with Crippen molar-refractivity contribution >= 4 is 30.0 Å². The van der Waals surface area contributed by atoms with Crippen LogP contribution in [0.4, 0.5) is 25.1 Å². The molecule has 10 heteroatoms. The molecule has 7 nitrogen and oxygen atoms in total. The molecule has 1 aliphatic heterocycles. The van der Waals surface area contributed by atoms with E-state index in [-0.39, 0.29) is 18.2 Å². The van der Waals surface area contributed by atoms with E-state index in [9.17, 15) is 13.6 Å². The van der Waals surface area contributed by atoms with E-state index in [2.05, 4.69) is 15.4 Å². The van der Waals surface area contributed by atoms with Crippen molar-refractivity contribution in [3.05, 3.63) is 66.6 Å². The number of para-hydroxylation sites is 1.